The fourth-order valence-corrected chi connectivity index (χ4v) is 3.91. The summed E-state index contributed by atoms with van der Waals surface area (Å²) in [5.74, 6) is 0.993. The van der Waals surface area contributed by atoms with Gasteiger partial charge in [-0.3, -0.25) is 9.78 Å². The van der Waals surface area contributed by atoms with Crippen molar-refractivity contribution < 1.29 is 9.53 Å². The molecule has 0 bridgehead atoms. The van der Waals surface area contributed by atoms with Crippen molar-refractivity contribution in [1.29, 1.82) is 0 Å². The number of aromatic nitrogens is 4. The van der Waals surface area contributed by atoms with Gasteiger partial charge in [-0.1, -0.05) is 0 Å². The topological polar surface area (TPSA) is 81.1 Å². The molecule has 1 aliphatic rings. The summed E-state index contributed by atoms with van der Waals surface area (Å²) in [6.45, 7) is 4.89. The molecule has 3 aromatic rings. The molecule has 154 valence electrons. The molecule has 1 unspecified atom stereocenters. The van der Waals surface area contributed by atoms with E-state index in [4.69, 9.17) is 9.72 Å². The molecule has 1 aliphatic heterocycles. The molecule has 0 aromatic carbocycles. The highest BCUT2D eigenvalue weighted by atomic mass is 16.5. The first kappa shape index (κ1) is 19.9. The van der Waals surface area contributed by atoms with Crippen LogP contribution in [0.25, 0.3) is 11.1 Å². The van der Waals surface area contributed by atoms with Gasteiger partial charge in [-0.15, -0.1) is 0 Å². The number of nitrogens with zero attached hydrogens (tertiary/aromatic N) is 5. The van der Waals surface area contributed by atoms with Crippen molar-refractivity contribution in [2.24, 2.45) is 0 Å². The van der Waals surface area contributed by atoms with Crippen molar-refractivity contribution >= 4 is 5.91 Å². The molecule has 30 heavy (non-hydrogen) atoms. The van der Waals surface area contributed by atoms with Gasteiger partial charge in [-0.25, -0.2) is 15.0 Å². The van der Waals surface area contributed by atoms with E-state index in [1.807, 2.05) is 37.1 Å². The van der Waals surface area contributed by atoms with Crippen LogP contribution in [0.1, 0.15) is 54.1 Å². The highest BCUT2D eigenvalue weighted by molar-refractivity contribution is 5.96. The van der Waals surface area contributed by atoms with Gasteiger partial charge in [0.1, 0.15) is 11.4 Å². The van der Waals surface area contributed by atoms with E-state index in [9.17, 15) is 4.79 Å². The Balaban J connectivity index is 1.76. The largest absolute Gasteiger partial charge is 0.477 e. The van der Waals surface area contributed by atoms with Gasteiger partial charge < -0.3 is 9.64 Å². The molecule has 4 rings (SSSR count). The van der Waals surface area contributed by atoms with Gasteiger partial charge in [0.2, 0.25) is 5.88 Å². The van der Waals surface area contributed by atoms with E-state index in [0.29, 0.717) is 30.4 Å². The molecular formula is C23H25N5O2. The van der Waals surface area contributed by atoms with Crippen molar-refractivity contribution in [2.75, 3.05) is 13.2 Å². The zero-order valence-electron chi connectivity index (χ0n) is 17.3. The van der Waals surface area contributed by atoms with Gasteiger partial charge in [0.05, 0.1) is 18.3 Å². The highest BCUT2D eigenvalue weighted by Gasteiger charge is 2.33. The number of carbonyl (C=O) groups is 1. The Morgan fingerprint density at radius 2 is 2.00 bits per heavy atom. The van der Waals surface area contributed by atoms with Crippen LogP contribution in [-0.2, 0) is 0 Å². The maximum atomic E-state index is 13.6. The Hall–Kier alpha value is -3.35. The van der Waals surface area contributed by atoms with E-state index in [1.165, 1.54) is 0 Å². The molecule has 7 heteroatoms. The van der Waals surface area contributed by atoms with E-state index in [1.54, 1.807) is 30.7 Å². The first-order chi connectivity index (χ1) is 14.7. The molecule has 0 aliphatic carbocycles. The minimum absolute atomic E-state index is 0.0757. The van der Waals surface area contributed by atoms with E-state index in [0.717, 1.165) is 36.1 Å². The van der Waals surface area contributed by atoms with Crippen molar-refractivity contribution in [3.63, 3.8) is 0 Å². The number of hydrogen-bond acceptors (Lipinski definition) is 6. The second-order valence-corrected chi connectivity index (χ2v) is 7.25. The minimum atomic E-state index is -0.134. The average Bonchev–Trinajstić information content (AvgIpc) is 2.80. The molecule has 1 atom stereocenters. The smallest absolute Gasteiger partial charge is 0.259 e. The number of pyridine rings is 2. The molecule has 0 N–H and O–H groups in total. The fraction of sp³-hybridized carbons (Fsp3) is 0.348. The van der Waals surface area contributed by atoms with Crippen LogP contribution in [0.4, 0.5) is 0 Å². The third-order valence-electron chi connectivity index (χ3n) is 5.29. The number of likely N-dealkylation sites (tertiary alicyclic amines) is 1. The maximum Gasteiger partial charge on any atom is 0.259 e. The molecular weight excluding hydrogens is 378 g/mol. The molecule has 0 spiro atoms. The summed E-state index contributed by atoms with van der Waals surface area (Å²) < 4.78 is 5.61. The zero-order valence-corrected chi connectivity index (χ0v) is 17.3. The highest BCUT2D eigenvalue weighted by Crippen LogP contribution is 2.37. The number of rotatable bonds is 5. The van der Waals surface area contributed by atoms with Gasteiger partial charge in [-0.05, 0) is 62.9 Å². The first-order valence-corrected chi connectivity index (χ1v) is 10.3. The summed E-state index contributed by atoms with van der Waals surface area (Å²) in [6.07, 6.45) is 9.86. The molecule has 0 saturated carbocycles. The van der Waals surface area contributed by atoms with Gasteiger partial charge in [0.25, 0.3) is 5.91 Å². The van der Waals surface area contributed by atoms with Crippen molar-refractivity contribution in [3.8, 4) is 17.0 Å². The van der Waals surface area contributed by atoms with Crippen LogP contribution in [-0.4, -0.2) is 43.9 Å². The summed E-state index contributed by atoms with van der Waals surface area (Å²) >= 11 is 0. The zero-order chi connectivity index (χ0) is 20.9. The normalized spacial score (nSPS) is 16.3. The quantitative estimate of drug-likeness (QED) is 0.640. The van der Waals surface area contributed by atoms with Crippen LogP contribution in [0.3, 0.4) is 0 Å². The lowest BCUT2D eigenvalue weighted by molar-refractivity contribution is 0.0601. The molecule has 3 aromatic heterocycles. The van der Waals surface area contributed by atoms with Crippen LogP contribution < -0.4 is 4.74 Å². The van der Waals surface area contributed by atoms with Crippen molar-refractivity contribution in [3.05, 3.63) is 66.1 Å². The standard InChI is InChI=1S/C23H25N5O2/c1-3-30-22-18(7-6-11-25-22)23(29)28-14-5-4-8-20(28)21-19(15-26-16(2)27-21)17-9-12-24-13-10-17/h6-7,9-13,15,20H,3-5,8,14H2,1-2H3. The van der Waals surface area contributed by atoms with Crippen LogP contribution in [0, 0.1) is 6.92 Å². The predicted octanol–water partition coefficient (Wildman–Crippen LogP) is 4.01. The van der Waals surface area contributed by atoms with Crippen LogP contribution >= 0.6 is 0 Å². The van der Waals surface area contributed by atoms with E-state index < -0.39 is 0 Å². The first-order valence-electron chi connectivity index (χ1n) is 10.3. The molecule has 1 fully saturated rings. The Morgan fingerprint density at radius 1 is 1.17 bits per heavy atom. The number of aryl methyl sites for hydroxylation is 1. The van der Waals surface area contributed by atoms with Gasteiger partial charge in [0.15, 0.2) is 0 Å². The van der Waals surface area contributed by atoms with Gasteiger partial charge in [0, 0.05) is 36.9 Å². The Bertz CT molecular complexity index is 1030. The molecule has 0 radical (unpaired) electrons. The number of hydrogen-bond donors (Lipinski definition) is 0. The SMILES string of the molecule is CCOc1ncccc1C(=O)N1CCCCC1c1nc(C)ncc1-c1ccncc1. The van der Waals surface area contributed by atoms with Crippen molar-refractivity contribution in [1.82, 2.24) is 24.8 Å². The second-order valence-electron chi connectivity index (χ2n) is 7.25. The molecule has 1 amide bonds. The summed E-state index contributed by atoms with van der Waals surface area (Å²) in [5, 5.41) is 0. The monoisotopic (exact) mass is 403 g/mol. The Morgan fingerprint density at radius 3 is 2.80 bits per heavy atom. The van der Waals surface area contributed by atoms with E-state index >= 15 is 0 Å². The Kier molecular flexibility index (Phi) is 5.97. The number of amides is 1. The van der Waals surface area contributed by atoms with Crippen molar-refractivity contribution in [2.45, 2.75) is 39.2 Å². The Labute approximate surface area is 176 Å². The third kappa shape index (κ3) is 4.01. The fourth-order valence-electron chi connectivity index (χ4n) is 3.91. The average molecular weight is 403 g/mol. The number of carbonyl (C=O) groups excluding carboxylic acids is 1. The third-order valence-corrected chi connectivity index (χ3v) is 5.29. The summed E-state index contributed by atoms with van der Waals surface area (Å²) in [6, 6.07) is 7.31. The summed E-state index contributed by atoms with van der Waals surface area (Å²) in [5.41, 5.74) is 3.30. The minimum Gasteiger partial charge on any atom is -0.477 e. The van der Waals surface area contributed by atoms with E-state index in [2.05, 4.69) is 15.0 Å². The lowest BCUT2D eigenvalue weighted by Gasteiger charge is -2.36. The molecule has 1 saturated heterocycles. The maximum absolute atomic E-state index is 13.6. The lowest BCUT2D eigenvalue weighted by atomic mass is 9.93. The summed E-state index contributed by atoms with van der Waals surface area (Å²) in [7, 11) is 0. The van der Waals surface area contributed by atoms with Crippen LogP contribution in [0.5, 0.6) is 5.88 Å². The summed E-state index contributed by atoms with van der Waals surface area (Å²) in [4.78, 5) is 33.0. The predicted molar refractivity (Wildman–Crippen MR) is 113 cm³/mol. The molecule has 7 nitrogen and oxygen atoms in total. The van der Waals surface area contributed by atoms with E-state index in [-0.39, 0.29) is 11.9 Å². The number of ether oxygens (including phenoxy) is 1. The van der Waals surface area contributed by atoms with Gasteiger partial charge in [-0.2, -0.15) is 0 Å². The second kappa shape index (κ2) is 8.98. The lowest BCUT2D eigenvalue weighted by Crippen LogP contribution is -2.39. The van der Waals surface area contributed by atoms with Crippen LogP contribution in [0.2, 0.25) is 0 Å². The van der Waals surface area contributed by atoms with Gasteiger partial charge >= 0.3 is 0 Å². The van der Waals surface area contributed by atoms with Crippen LogP contribution in [0.15, 0.2) is 49.1 Å². The molecule has 4 heterocycles. The number of piperidine rings is 1.